The van der Waals surface area contributed by atoms with E-state index in [1.165, 1.54) is 0 Å². The first-order valence-corrected chi connectivity index (χ1v) is 5.81. The molecular weight excluding hydrogens is 212 g/mol. The molecule has 0 radical (unpaired) electrons. The van der Waals surface area contributed by atoms with Crippen LogP contribution in [0, 0.1) is 0 Å². The van der Waals surface area contributed by atoms with Crippen LogP contribution in [0.5, 0.6) is 0 Å². The van der Waals surface area contributed by atoms with Crippen LogP contribution in [0.1, 0.15) is 4.88 Å². The van der Waals surface area contributed by atoms with Crippen LogP contribution in [0.4, 0.5) is 0 Å². The molecule has 0 aliphatic carbocycles. The summed E-state index contributed by atoms with van der Waals surface area (Å²) in [6.07, 6.45) is -0.241. The topological polar surface area (TPSA) is 52.6 Å². The van der Waals surface area contributed by atoms with Gasteiger partial charge in [0.2, 0.25) is 5.91 Å². The molecule has 1 saturated heterocycles. The number of aliphatic hydroxyl groups is 1. The SMILES string of the molecule is O=C(CN1CC(O)C1)NCc1cccs1. The third-order valence-electron chi connectivity index (χ3n) is 2.34. The van der Waals surface area contributed by atoms with Crippen LogP contribution in [0.3, 0.4) is 0 Å². The summed E-state index contributed by atoms with van der Waals surface area (Å²) in [6, 6.07) is 3.97. The Labute approximate surface area is 92.5 Å². The van der Waals surface area contributed by atoms with Crippen molar-refractivity contribution in [2.24, 2.45) is 0 Å². The number of carbonyl (C=O) groups is 1. The van der Waals surface area contributed by atoms with Gasteiger partial charge in [-0.3, -0.25) is 9.69 Å². The summed E-state index contributed by atoms with van der Waals surface area (Å²) in [7, 11) is 0. The average molecular weight is 226 g/mol. The van der Waals surface area contributed by atoms with Crippen LogP contribution >= 0.6 is 11.3 Å². The number of nitrogens with one attached hydrogen (secondary N) is 1. The quantitative estimate of drug-likeness (QED) is 0.762. The van der Waals surface area contributed by atoms with Crippen molar-refractivity contribution < 1.29 is 9.90 Å². The highest BCUT2D eigenvalue weighted by molar-refractivity contribution is 7.09. The Morgan fingerprint density at radius 1 is 1.67 bits per heavy atom. The number of carbonyl (C=O) groups excluding carboxylic acids is 1. The summed E-state index contributed by atoms with van der Waals surface area (Å²) >= 11 is 1.64. The highest BCUT2D eigenvalue weighted by Crippen LogP contribution is 2.08. The standard InChI is InChI=1S/C10H14N2O2S/c13-8-5-12(6-8)7-10(14)11-4-9-2-1-3-15-9/h1-3,8,13H,4-7H2,(H,11,14). The smallest absolute Gasteiger partial charge is 0.234 e. The Balaban J connectivity index is 1.65. The van der Waals surface area contributed by atoms with Gasteiger partial charge in [-0.1, -0.05) is 6.07 Å². The predicted octanol–water partition coefficient (Wildman–Crippen LogP) is 0.0408. The lowest BCUT2D eigenvalue weighted by Crippen LogP contribution is -2.53. The molecule has 0 atom stereocenters. The summed E-state index contributed by atoms with van der Waals surface area (Å²) in [5.74, 6) is 0.0234. The van der Waals surface area contributed by atoms with Crippen LogP contribution in [-0.2, 0) is 11.3 Å². The van der Waals surface area contributed by atoms with Gasteiger partial charge in [0.15, 0.2) is 0 Å². The number of hydrogen-bond donors (Lipinski definition) is 2. The van der Waals surface area contributed by atoms with E-state index in [2.05, 4.69) is 5.32 Å². The lowest BCUT2D eigenvalue weighted by atomic mass is 10.2. The van der Waals surface area contributed by atoms with Crippen molar-refractivity contribution in [3.05, 3.63) is 22.4 Å². The maximum atomic E-state index is 11.4. The van der Waals surface area contributed by atoms with E-state index in [0.29, 0.717) is 26.2 Å². The monoisotopic (exact) mass is 226 g/mol. The molecule has 0 unspecified atom stereocenters. The number of thiophene rings is 1. The maximum Gasteiger partial charge on any atom is 0.234 e. The fourth-order valence-electron chi connectivity index (χ4n) is 1.53. The van der Waals surface area contributed by atoms with E-state index in [-0.39, 0.29) is 12.0 Å². The molecule has 2 N–H and O–H groups in total. The normalized spacial score (nSPS) is 17.4. The van der Waals surface area contributed by atoms with Gasteiger partial charge in [0, 0.05) is 18.0 Å². The summed E-state index contributed by atoms with van der Waals surface area (Å²) in [5, 5.41) is 13.9. The minimum atomic E-state index is -0.241. The first kappa shape index (κ1) is 10.6. The lowest BCUT2D eigenvalue weighted by Gasteiger charge is -2.34. The molecule has 1 aromatic rings. The van der Waals surface area contributed by atoms with Gasteiger partial charge in [-0.25, -0.2) is 0 Å². The molecule has 1 fully saturated rings. The minimum Gasteiger partial charge on any atom is -0.390 e. The zero-order valence-corrected chi connectivity index (χ0v) is 9.17. The van der Waals surface area contributed by atoms with Crippen molar-refractivity contribution in [1.29, 1.82) is 0 Å². The zero-order valence-electron chi connectivity index (χ0n) is 8.35. The van der Waals surface area contributed by atoms with Crippen LogP contribution < -0.4 is 5.32 Å². The minimum absolute atomic E-state index is 0.0234. The van der Waals surface area contributed by atoms with Crippen molar-refractivity contribution in [2.45, 2.75) is 12.6 Å². The molecule has 1 amide bonds. The number of nitrogens with zero attached hydrogens (tertiary/aromatic N) is 1. The molecule has 0 spiro atoms. The van der Waals surface area contributed by atoms with E-state index in [4.69, 9.17) is 5.11 Å². The van der Waals surface area contributed by atoms with Gasteiger partial charge >= 0.3 is 0 Å². The fraction of sp³-hybridized carbons (Fsp3) is 0.500. The van der Waals surface area contributed by atoms with Crippen molar-refractivity contribution in [1.82, 2.24) is 10.2 Å². The van der Waals surface area contributed by atoms with Gasteiger partial charge in [-0.05, 0) is 11.4 Å². The molecule has 0 aromatic carbocycles. The van der Waals surface area contributed by atoms with Crippen LogP contribution in [0.2, 0.25) is 0 Å². The van der Waals surface area contributed by atoms with Crippen molar-refractivity contribution in [3.63, 3.8) is 0 Å². The Kier molecular flexibility index (Phi) is 3.35. The van der Waals surface area contributed by atoms with Gasteiger partial charge in [0.05, 0.1) is 19.2 Å². The van der Waals surface area contributed by atoms with Gasteiger partial charge in [-0.15, -0.1) is 11.3 Å². The molecule has 2 rings (SSSR count). The van der Waals surface area contributed by atoms with Crippen LogP contribution in [-0.4, -0.2) is 41.7 Å². The molecule has 0 bridgehead atoms. The first-order valence-electron chi connectivity index (χ1n) is 4.93. The van der Waals surface area contributed by atoms with Crippen molar-refractivity contribution >= 4 is 17.2 Å². The highest BCUT2D eigenvalue weighted by atomic mass is 32.1. The highest BCUT2D eigenvalue weighted by Gasteiger charge is 2.25. The number of hydrogen-bond acceptors (Lipinski definition) is 4. The predicted molar refractivity (Wildman–Crippen MR) is 58.6 cm³/mol. The molecule has 2 heterocycles. The Morgan fingerprint density at radius 3 is 3.07 bits per heavy atom. The number of aliphatic hydroxyl groups excluding tert-OH is 1. The fourth-order valence-corrected chi connectivity index (χ4v) is 2.17. The van der Waals surface area contributed by atoms with E-state index >= 15 is 0 Å². The van der Waals surface area contributed by atoms with E-state index in [9.17, 15) is 4.79 Å². The van der Waals surface area contributed by atoms with Gasteiger partial charge < -0.3 is 10.4 Å². The lowest BCUT2D eigenvalue weighted by molar-refractivity contribution is -0.125. The van der Waals surface area contributed by atoms with Gasteiger partial charge in [0.25, 0.3) is 0 Å². The molecule has 1 aromatic heterocycles. The van der Waals surface area contributed by atoms with Crippen molar-refractivity contribution in [3.8, 4) is 0 Å². The maximum absolute atomic E-state index is 11.4. The third kappa shape index (κ3) is 3.02. The Hall–Kier alpha value is -0.910. The number of amides is 1. The zero-order chi connectivity index (χ0) is 10.7. The second-order valence-electron chi connectivity index (χ2n) is 3.70. The van der Waals surface area contributed by atoms with Crippen molar-refractivity contribution in [2.75, 3.05) is 19.6 Å². The summed E-state index contributed by atoms with van der Waals surface area (Å²) in [4.78, 5) is 14.5. The van der Waals surface area contributed by atoms with Crippen LogP contribution in [0.25, 0.3) is 0 Å². The molecule has 4 nitrogen and oxygen atoms in total. The largest absolute Gasteiger partial charge is 0.390 e. The Bertz CT molecular complexity index is 320. The summed E-state index contributed by atoms with van der Waals surface area (Å²) in [6.45, 7) is 2.23. The number of β-amino-alcohol motifs (C(OH)–C–C–N with tert-alkyl or cyclic N) is 1. The second-order valence-corrected chi connectivity index (χ2v) is 4.74. The molecule has 1 aliphatic rings. The van der Waals surface area contributed by atoms with Crippen LogP contribution in [0.15, 0.2) is 17.5 Å². The first-order chi connectivity index (χ1) is 7.24. The van der Waals surface area contributed by atoms with E-state index in [1.54, 1.807) is 11.3 Å². The summed E-state index contributed by atoms with van der Waals surface area (Å²) < 4.78 is 0. The second kappa shape index (κ2) is 4.74. The Morgan fingerprint density at radius 2 is 2.47 bits per heavy atom. The van der Waals surface area contributed by atoms with Gasteiger partial charge in [-0.2, -0.15) is 0 Å². The molecule has 82 valence electrons. The summed E-state index contributed by atoms with van der Waals surface area (Å²) in [5.41, 5.74) is 0. The third-order valence-corrected chi connectivity index (χ3v) is 3.22. The average Bonchev–Trinajstić information content (AvgIpc) is 2.65. The molecule has 15 heavy (non-hydrogen) atoms. The van der Waals surface area contributed by atoms with E-state index < -0.39 is 0 Å². The van der Waals surface area contributed by atoms with Gasteiger partial charge in [0.1, 0.15) is 0 Å². The number of likely N-dealkylation sites (tertiary alicyclic amines) is 1. The van der Waals surface area contributed by atoms with E-state index in [0.717, 1.165) is 4.88 Å². The number of rotatable bonds is 4. The molecular formula is C10H14N2O2S. The van der Waals surface area contributed by atoms with E-state index in [1.807, 2.05) is 22.4 Å². The molecule has 0 saturated carbocycles. The molecule has 5 heteroatoms. The molecule has 1 aliphatic heterocycles.